The van der Waals surface area contributed by atoms with Crippen LogP contribution in [0.3, 0.4) is 0 Å². The normalized spacial score (nSPS) is 9.83. The van der Waals surface area contributed by atoms with E-state index in [1.54, 1.807) is 12.1 Å². The molecule has 0 aliphatic carbocycles. The number of aliphatic hydroxyl groups excluding tert-OH is 1. The van der Waals surface area contributed by atoms with Crippen LogP contribution in [-0.2, 0) is 0 Å². The first-order valence-electron chi connectivity index (χ1n) is 5.28. The highest BCUT2D eigenvalue weighted by Crippen LogP contribution is 2.08. The van der Waals surface area contributed by atoms with Crippen LogP contribution in [0.1, 0.15) is 15.9 Å². The van der Waals surface area contributed by atoms with Gasteiger partial charge in [-0.2, -0.15) is 0 Å². The van der Waals surface area contributed by atoms with Gasteiger partial charge in [-0.25, -0.2) is 8.78 Å². The summed E-state index contributed by atoms with van der Waals surface area (Å²) in [4.78, 5) is 12.8. The molecular formula is C13H13F2NO2. The molecule has 0 bridgehead atoms. The van der Waals surface area contributed by atoms with E-state index < -0.39 is 18.9 Å². The quantitative estimate of drug-likeness (QED) is 0.826. The van der Waals surface area contributed by atoms with E-state index in [2.05, 4.69) is 11.8 Å². The van der Waals surface area contributed by atoms with Gasteiger partial charge in [-0.1, -0.05) is 17.9 Å². The summed E-state index contributed by atoms with van der Waals surface area (Å²) in [7, 11) is 1.32. The number of benzene rings is 1. The van der Waals surface area contributed by atoms with E-state index in [1.807, 2.05) is 0 Å². The molecule has 0 spiro atoms. The number of hydrogen-bond acceptors (Lipinski definition) is 2. The van der Waals surface area contributed by atoms with Gasteiger partial charge in [-0.05, 0) is 18.2 Å². The third-order valence-electron chi connectivity index (χ3n) is 2.18. The number of rotatable bonds is 3. The molecule has 96 valence electrons. The lowest BCUT2D eigenvalue weighted by Crippen LogP contribution is -2.31. The minimum Gasteiger partial charge on any atom is -0.384 e. The molecule has 1 aromatic carbocycles. The van der Waals surface area contributed by atoms with Crippen LogP contribution in [0.2, 0.25) is 0 Å². The van der Waals surface area contributed by atoms with Crippen LogP contribution in [-0.4, -0.2) is 42.5 Å². The van der Waals surface area contributed by atoms with E-state index in [9.17, 15) is 13.6 Å². The maximum Gasteiger partial charge on any atom is 0.255 e. The molecule has 0 aliphatic heterocycles. The van der Waals surface area contributed by atoms with Gasteiger partial charge < -0.3 is 10.0 Å². The van der Waals surface area contributed by atoms with E-state index in [-0.39, 0.29) is 6.61 Å². The average Bonchev–Trinajstić information content (AvgIpc) is 2.35. The van der Waals surface area contributed by atoms with E-state index >= 15 is 0 Å². The number of alkyl halides is 2. The Labute approximate surface area is 104 Å². The molecule has 1 aromatic rings. The fourth-order valence-corrected chi connectivity index (χ4v) is 1.38. The topological polar surface area (TPSA) is 40.5 Å². The van der Waals surface area contributed by atoms with Gasteiger partial charge in [0.2, 0.25) is 0 Å². The molecule has 0 unspecified atom stereocenters. The summed E-state index contributed by atoms with van der Waals surface area (Å²) in [5, 5.41) is 8.56. The molecule has 5 heteroatoms. The summed E-state index contributed by atoms with van der Waals surface area (Å²) in [6.07, 6.45) is -2.56. The van der Waals surface area contributed by atoms with Crippen molar-refractivity contribution in [2.45, 2.75) is 6.43 Å². The van der Waals surface area contributed by atoms with Gasteiger partial charge in [0.25, 0.3) is 12.3 Å². The monoisotopic (exact) mass is 253 g/mol. The van der Waals surface area contributed by atoms with Gasteiger partial charge in [0.1, 0.15) is 6.61 Å². The van der Waals surface area contributed by atoms with Crippen LogP contribution in [0.15, 0.2) is 24.3 Å². The van der Waals surface area contributed by atoms with Crippen molar-refractivity contribution in [2.75, 3.05) is 20.2 Å². The number of amides is 1. The summed E-state index contributed by atoms with van der Waals surface area (Å²) in [5.41, 5.74) is 0.850. The maximum atomic E-state index is 12.2. The molecular weight excluding hydrogens is 240 g/mol. The molecule has 1 N–H and O–H groups in total. The maximum absolute atomic E-state index is 12.2. The zero-order valence-corrected chi connectivity index (χ0v) is 9.86. The molecule has 1 amide bonds. The first-order chi connectivity index (χ1) is 8.54. The second kappa shape index (κ2) is 6.72. The first kappa shape index (κ1) is 14.1. The lowest BCUT2D eigenvalue weighted by Gasteiger charge is -2.16. The predicted octanol–water partition coefficient (Wildman–Crippen LogP) is 1.37. The third kappa shape index (κ3) is 4.15. The third-order valence-corrected chi connectivity index (χ3v) is 2.18. The number of aliphatic hydroxyl groups is 1. The Balaban J connectivity index is 2.86. The number of carbonyl (C=O) groups is 1. The van der Waals surface area contributed by atoms with Crippen LogP contribution in [0.25, 0.3) is 0 Å². The number of halogens is 2. The number of carbonyl (C=O) groups excluding carboxylic acids is 1. The highest BCUT2D eigenvalue weighted by Gasteiger charge is 2.15. The Morgan fingerprint density at radius 2 is 2.22 bits per heavy atom. The molecule has 0 fully saturated rings. The summed E-state index contributed by atoms with van der Waals surface area (Å²) in [6.45, 7) is -0.880. The summed E-state index contributed by atoms with van der Waals surface area (Å²) in [6, 6.07) is 6.33. The molecule has 0 aliphatic rings. The van der Waals surface area contributed by atoms with Crippen molar-refractivity contribution in [2.24, 2.45) is 0 Å². The predicted molar refractivity (Wildman–Crippen MR) is 63.4 cm³/mol. The van der Waals surface area contributed by atoms with Crippen LogP contribution in [0.4, 0.5) is 8.78 Å². The Morgan fingerprint density at radius 1 is 1.50 bits per heavy atom. The van der Waals surface area contributed by atoms with Crippen molar-refractivity contribution in [3.05, 3.63) is 35.4 Å². The van der Waals surface area contributed by atoms with E-state index in [0.29, 0.717) is 11.1 Å². The van der Waals surface area contributed by atoms with Gasteiger partial charge in [-0.3, -0.25) is 4.79 Å². The van der Waals surface area contributed by atoms with Crippen molar-refractivity contribution in [3.8, 4) is 11.8 Å². The van der Waals surface area contributed by atoms with Gasteiger partial charge in [0.15, 0.2) is 0 Å². The van der Waals surface area contributed by atoms with Crippen molar-refractivity contribution >= 4 is 5.91 Å². The molecule has 0 saturated carbocycles. The Kier molecular flexibility index (Phi) is 5.28. The fraction of sp³-hybridized carbons (Fsp3) is 0.308. The number of hydrogen-bond donors (Lipinski definition) is 1. The van der Waals surface area contributed by atoms with Gasteiger partial charge >= 0.3 is 0 Å². The van der Waals surface area contributed by atoms with Gasteiger partial charge in [0, 0.05) is 18.2 Å². The second-order valence-electron chi connectivity index (χ2n) is 3.62. The standard InChI is InChI=1S/C13H13F2NO2/c1-16(9-12(14)15)13(18)11-6-2-4-10(8-11)5-3-7-17/h2,4,6,8,12,17H,7,9H2,1H3. The molecule has 1 rings (SSSR count). The first-order valence-corrected chi connectivity index (χ1v) is 5.28. The zero-order valence-electron chi connectivity index (χ0n) is 9.86. The largest absolute Gasteiger partial charge is 0.384 e. The van der Waals surface area contributed by atoms with Crippen LogP contribution in [0, 0.1) is 11.8 Å². The highest BCUT2D eigenvalue weighted by atomic mass is 19.3. The zero-order chi connectivity index (χ0) is 13.5. The Hall–Kier alpha value is -1.93. The lowest BCUT2D eigenvalue weighted by molar-refractivity contribution is 0.0620. The average molecular weight is 253 g/mol. The number of nitrogens with zero attached hydrogens (tertiary/aromatic N) is 1. The molecule has 0 radical (unpaired) electrons. The minimum absolute atomic E-state index is 0.274. The Morgan fingerprint density at radius 3 is 2.83 bits per heavy atom. The molecule has 18 heavy (non-hydrogen) atoms. The van der Waals surface area contributed by atoms with Gasteiger partial charge in [0.05, 0.1) is 6.54 Å². The summed E-state index contributed by atoms with van der Waals surface area (Å²) >= 11 is 0. The fourth-order valence-electron chi connectivity index (χ4n) is 1.38. The van der Waals surface area contributed by atoms with Crippen molar-refractivity contribution in [1.82, 2.24) is 4.90 Å². The van der Waals surface area contributed by atoms with Crippen molar-refractivity contribution < 1.29 is 18.7 Å². The smallest absolute Gasteiger partial charge is 0.255 e. The SMILES string of the molecule is CN(CC(F)F)C(=O)c1cccc(C#CCO)c1. The molecule has 0 saturated heterocycles. The summed E-state index contributed by atoms with van der Waals surface area (Å²) in [5.74, 6) is 4.62. The van der Waals surface area contributed by atoms with E-state index in [0.717, 1.165) is 4.90 Å². The van der Waals surface area contributed by atoms with Crippen molar-refractivity contribution in [1.29, 1.82) is 0 Å². The van der Waals surface area contributed by atoms with Crippen LogP contribution < -0.4 is 0 Å². The van der Waals surface area contributed by atoms with Crippen LogP contribution in [0.5, 0.6) is 0 Å². The molecule has 0 heterocycles. The Bertz CT molecular complexity index is 477. The van der Waals surface area contributed by atoms with E-state index in [1.165, 1.54) is 19.2 Å². The van der Waals surface area contributed by atoms with Crippen LogP contribution >= 0.6 is 0 Å². The van der Waals surface area contributed by atoms with Gasteiger partial charge in [-0.15, -0.1) is 0 Å². The second-order valence-corrected chi connectivity index (χ2v) is 3.62. The molecule has 0 aromatic heterocycles. The van der Waals surface area contributed by atoms with E-state index in [4.69, 9.17) is 5.11 Å². The molecule has 0 atom stereocenters. The minimum atomic E-state index is -2.56. The highest BCUT2D eigenvalue weighted by molar-refractivity contribution is 5.94. The summed E-state index contributed by atoms with van der Waals surface area (Å²) < 4.78 is 24.3. The molecule has 3 nitrogen and oxygen atoms in total. The lowest BCUT2D eigenvalue weighted by atomic mass is 10.1. The van der Waals surface area contributed by atoms with Crippen molar-refractivity contribution in [3.63, 3.8) is 0 Å².